The van der Waals surface area contributed by atoms with Gasteiger partial charge in [-0.05, 0) is 36.8 Å². The van der Waals surface area contributed by atoms with Crippen LogP contribution in [-0.2, 0) is 0 Å². The van der Waals surface area contributed by atoms with Crippen molar-refractivity contribution in [3.63, 3.8) is 0 Å². The highest BCUT2D eigenvalue weighted by Crippen LogP contribution is 2.28. The van der Waals surface area contributed by atoms with Gasteiger partial charge in [-0.3, -0.25) is 0 Å². The van der Waals surface area contributed by atoms with Crippen LogP contribution in [-0.4, -0.2) is 11.7 Å². The number of anilines is 1. The highest BCUT2D eigenvalue weighted by atomic mass is 35.5. The molecule has 0 aliphatic carbocycles. The second kappa shape index (κ2) is 6.29. The summed E-state index contributed by atoms with van der Waals surface area (Å²) in [5, 5.41) is 13.9. The molecule has 2 N–H and O–H groups in total. The van der Waals surface area contributed by atoms with Crippen molar-refractivity contribution in [1.82, 2.24) is 0 Å². The van der Waals surface area contributed by atoms with Gasteiger partial charge >= 0.3 is 0 Å². The maximum atomic E-state index is 9.53. The van der Waals surface area contributed by atoms with Crippen molar-refractivity contribution in [2.75, 3.05) is 11.9 Å². The number of aryl methyl sites for hydroxylation is 1. The molecule has 2 aromatic rings. The van der Waals surface area contributed by atoms with Gasteiger partial charge < -0.3 is 10.4 Å². The Morgan fingerprint density at radius 2 is 1.79 bits per heavy atom. The lowest BCUT2D eigenvalue weighted by Gasteiger charge is -2.19. The van der Waals surface area contributed by atoms with Crippen LogP contribution >= 0.6 is 23.2 Å². The van der Waals surface area contributed by atoms with E-state index in [0.717, 1.165) is 11.3 Å². The van der Waals surface area contributed by atoms with Gasteiger partial charge in [0.05, 0.1) is 12.6 Å². The lowest BCUT2D eigenvalue weighted by molar-refractivity contribution is 0.276. The van der Waals surface area contributed by atoms with E-state index in [1.165, 1.54) is 5.56 Å². The van der Waals surface area contributed by atoms with Gasteiger partial charge in [-0.15, -0.1) is 0 Å². The van der Waals surface area contributed by atoms with Gasteiger partial charge in [-0.2, -0.15) is 0 Å². The zero-order chi connectivity index (χ0) is 13.8. The van der Waals surface area contributed by atoms with Crippen molar-refractivity contribution in [2.45, 2.75) is 13.0 Å². The number of hydrogen-bond acceptors (Lipinski definition) is 2. The van der Waals surface area contributed by atoms with Crippen molar-refractivity contribution >= 4 is 28.9 Å². The summed E-state index contributed by atoms with van der Waals surface area (Å²) in [6.45, 7) is 1.98. The fourth-order valence-electron chi connectivity index (χ4n) is 1.86. The maximum absolute atomic E-state index is 9.53. The standard InChI is InChI=1S/C15H15Cl2NO/c1-10-2-5-12(6-3-10)18-15(9-19)13-7-4-11(16)8-14(13)17/h2-8,15,18-19H,9H2,1H3. The van der Waals surface area contributed by atoms with Crippen LogP contribution in [0, 0.1) is 6.92 Å². The van der Waals surface area contributed by atoms with E-state index in [4.69, 9.17) is 23.2 Å². The molecule has 0 aliphatic rings. The molecule has 0 heterocycles. The fraction of sp³-hybridized carbons (Fsp3) is 0.200. The predicted molar refractivity (Wildman–Crippen MR) is 81.1 cm³/mol. The number of hydrogen-bond donors (Lipinski definition) is 2. The Labute approximate surface area is 123 Å². The van der Waals surface area contributed by atoms with Crippen LogP contribution in [0.3, 0.4) is 0 Å². The first-order chi connectivity index (χ1) is 9.10. The Bertz CT molecular complexity index is 555. The van der Waals surface area contributed by atoms with Gasteiger partial charge in [0.1, 0.15) is 0 Å². The molecule has 0 radical (unpaired) electrons. The lowest BCUT2D eigenvalue weighted by Crippen LogP contribution is -2.15. The van der Waals surface area contributed by atoms with E-state index < -0.39 is 0 Å². The van der Waals surface area contributed by atoms with Gasteiger partial charge in [0.2, 0.25) is 0 Å². The molecule has 4 heteroatoms. The smallest absolute Gasteiger partial charge is 0.0759 e. The topological polar surface area (TPSA) is 32.3 Å². The van der Waals surface area contributed by atoms with E-state index in [0.29, 0.717) is 10.0 Å². The normalized spacial score (nSPS) is 12.2. The summed E-state index contributed by atoms with van der Waals surface area (Å²) < 4.78 is 0. The number of aliphatic hydroxyl groups is 1. The molecular formula is C15H15Cl2NO. The summed E-state index contributed by atoms with van der Waals surface area (Å²) in [4.78, 5) is 0. The molecule has 2 rings (SSSR count). The number of halogens is 2. The molecule has 2 aromatic carbocycles. The summed E-state index contributed by atoms with van der Waals surface area (Å²) in [6.07, 6.45) is 0. The summed E-state index contributed by atoms with van der Waals surface area (Å²) in [6, 6.07) is 13.0. The lowest BCUT2D eigenvalue weighted by atomic mass is 10.1. The predicted octanol–water partition coefficient (Wildman–Crippen LogP) is 4.45. The third-order valence-electron chi connectivity index (χ3n) is 2.91. The number of benzene rings is 2. The van der Waals surface area contributed by atoms with E-state index in [-0.39, 0.29) is 12.6 Å². The van der Waals surface area contributed by atoms with Crippen LogP contribution in [0.5, 0.6) is 0 Å². The van der Waals surface area contributed by atoms with Crippen molar-refractivity contribution in [1.29, 1.82) is 0 Å². The molecule has 0 amide bonds. The molecule has 19 heavy (non-hydrogen) atoms. The van der Waals surface area contributed by atoms with Crippen LogP contribution in [0.2, 0.25) is 10.0 Å². The molecule has 0 saturated heterocycles. The Kier molecular flexibility index (Phi) is 4.70. The van der Waals surface area contributed by atoms with Crippen LogP contribution in [0.15, 0.2) is 42.5 Å². The molecule has 0 saturated carbocycles. The van der Waals surface area contributed by atoms with E-state index in [1.807, 2.05) is 37.3 Å². The summed E-state index contributed by atoms with van der Waals surface area (Å²) in [7, 11) is 0. The van der Waals surface area contributed by atoms with Gasteiger partial charge in [0.15, 0.2) is 0 Å². The minimum atomic E-state index is -0.257. The fourth-order valence-corrected chi connectivity index (χ4v) is 2.40. The van der Waals surface area contributed by atoms with Crippen molar-refractivity contribution in [3.05, 3.63) is 63.6 Å². The molecule has 0 fully saturated rings. The average molecular weight is 296 g/mol. The Morgan fingerprint density at radius 3 is 2.37 bits per heavy atom. The quantitative estimate of drug-likeness (QED) is 0.873. The van der Waals surface area contributed by atoms with Gasteiger partial charge in [-0.1, -0.05) is 47.0 Å². The van der Waals surface area contributed by atoms with E-state index in [2.05, 4.69) is 5.32 Å². The molecule has 0 spiro atoms. The molecule has 2 nitrogen and oxygen atoms in total. The molecule has 1 unspecified atom stereocenters. The van der Waals surface area contributed by atoms with E-state index in [1.54, 1.807) is 12.1 Å². The van der Waals surface area contributed by atoms with Gasteiger partial charge in [0.25, 0.3) is 0 Å². The summed E-state index contributed by atoms with van der Waals surface area (Å²) in [5.74, 6) is 0. The Morgan fingerprint density at radius 1 is 1.11 bits per heavy atom. The largest absolute Gasteiger partial charge is 0.394 e. The zero-order valence-corrected chi connectivity index (χ0v) is 12.0. The zero-order valence-electron chi connectivity index (χ0n) is 10.5. The first-order valence-corrected chi connectivity index (χ1v) is 6.75. The third kappa shape index (κ3) is 3.63. The molecule has 0 aliphatic heterocycles. The minimum absolute atomic E-state index is 0.0464. The van der Waals surface area contributed by atoms with E-state index in [9.17, 15) is 5.11 Å². The molecule has 0 bridgehead atoms. The highest BCUT2D eigenvalue weighted by molar-refractivity contribution is 6.35. The number of aliphatic hydroxyl groups excluding tert-OH is 1. The van der Waals surface area contributed by atoms with Crippen molar-refractivity contribution in [3.8, 4) is 0 Å². The second-order valence-electron chi connectivity index (χ2n) is 4.41. The van der Waals surface area contributed by atoms with Crippen molar-refractivity contribution in [2.24, 2.45) is 0 Å². The molecular weight excluding hydrogens is 281 g/mol. The highest BCUT2D eigenvalue weighted by Gasteiger charge is 2.14. The van der Waals surface area contributed by atoms with Crippen LogP contribution in [0.25, 0.3) is 0 Å². The summed E-state index contributed by atoms with van der Waals surface area (Å²) in [5.41, 5.74) is 2.96. The van der Waals surface area contributed by atoms with Crippen LogP contribution in [0.4, 0.5) is 5.69 Å². The van der Waals surface area contributed by atoms with E-state index >= 15 is 0 Å². The van der Waals surface area contributed by atoms with Gasteiger partial charge in [-0.25, -0.2) is 0 Å². The Balaban J connectivity index is 2.22. The summed E-state index contributed by atoms with van der Waals surface area (Å²) >= 11 is 12.0. The average Bonchev–Trinajstić information content (AvgIpc) is 2.39. The third-order valence-corrected chi connectivity index (χ3v) is 3.48. The molecule has 1 atom stereocenters. The molecule has 0 aromatic heterocycles. The second-order valence-corrected chi connectivity index (χ2v) is 5.25. The van der Waals surface area contributed by atoms with Crippen LogP contribution < -0.4 is 5.32 Å². The SMILES string of the molecule is Cc1ccc(NC(CO)c2ccc(Cl)cc2Cl)cc1. The van der Waals surface area contributed by atoms with Gasteiger partial charge in [0, 0.05) is 15.7 Å². The van der Waals surface area contributed by atoms with Crippen LogP contribution in [0.1, 0.15) is 17.2 Å². The number of rotatable bonds is 4. The Hall–Kier alpha value is -1.22. The maximum Gasteiger partial charge on any atom is 0.0759 e. The minimum Gasteiger partial charge on any atom is -0.394 e. The van der Waals surface area contributed by atoms with Crippen molar-refractivity contribution < 1.29 is 5.11 Å². The first kappa shape index (κ1) is 14.2. The first-order valence-electron chi connectivity index (χ1n) is 5.99. The monoisotopic (exact) mass is 295 g/mol. The molecule has 100 valence electrons. The number of nitrogens with one attached hydrogen (secondary N) is 1.